The fraction of sp³-hybridized carbons (Fsp3) is 0.500. The summed E-state index contributed by atoms with van der Waals surface area (Å²) in [5, 5.41) is 2.86. The van der Waals surface area contributed by atoms with Gasteiger partial charge >= 0.3 is 5.97 Å². The summed E-state index contributed by atoms with van der Waals surface area (Å²) in [6.07, 6.45) is 2.69. The quantitative estimate of drug-likeness (QED) is 0.757. The number of hydrogen-bond donors (Lipinski definition) is 1. The molecule has 104 valence electrons. The number of rotatable bonds is 6. The third kappa shape index (κ3) is 4.20. The van der Waals surface area contributed by atoms with Gasteiger partial charge in [-0.15, -0.1) is 0 Å². The van der Waals surface area contributed by atoms with Crippen molar-refractivity contribution in [2.75, 3.05) is 32.1 Å². The van der Waals surface area contributed by atoms with E-state index in [0.29, 0.717) is 18.9 Å². The Morgan fingerprint density at radius 1 is 1.26 bits per heavy atom. The Hall–Kier alpha value is -2.18. The third-order valence-corrected chi connectivity index (χ3v) is 2.58. The first-order chi connectivity index (χ1) is 9.12. The molecule has 0 radical (unpaired) electrons. The molecule has 0 fully saturated rings. The van der Waals surface area contributed by atoms with E-state index in [-0.39, 0.29) is 18.1 Å². The first-order valence-electron chi connectivity index (χ1n) is 6.04. The smallest absolute Gasteiger partial charge is 0.358 e. The normalized spacial score (nSPS) is 9.84. The van der Waals surface area contributed by atoms with Crippen LogP contribution in [0.1, 0.15) is 24.3 Å². The van der Waals surface area contributed by atoms with Crippen LogP contribution in [0.3, 0.4) is 0 Å². The molecule has 7 nitrogen and oxygen atoms in total. The number of nitrogens with one attached hydrogen (secondary N) is 1. The minimum absolute atomic E-state index is 0.0103. The number of anilines is 1. The fourth-order valence-corrected chi connectivity index (χ4v) is 1.48. The van der Waals surface area contributed by atoms with Crippen LogP contribution in [0, 0.1) is 0 Å². The number of hydrogen-bond acceptors (Lipinski definition) is 6. The lowest BCUT2D eigenvalue weighted by Gasteiger charge is -2.18. The molecule has 0 saturated carbocycles. The number of nitrogens with zero attached hydrogens (tertiary/aromatic N) is 3. The van der Waals surface area contributed by atoms with Gasteiger partial charge < -0.3 is 15.0 Å². The van der Waals surface area contributed by atoms with Crippen LogP contribution in [0.15, 0.2) is 12.4 Å². The Morgan fingerprint density at radius 2 is 1.95 bits per heavy atom. The highest BCUT2D eigenvalue weighted by Gasteiger charge is 2.10. The molecule has 19 heavy (non-hydrogen) atoms. The topological polar surface area (TPSA) is 84.4 Å². The van der Waals surface area contributed by atoms with Crippen LogP contribution >= 0.6 is 0 Å². The molecule has 0 aliphatic heterocycles. The van der Waals surface area contributed by atoms with Crippen LogP contribution in [0.4, 0.5) is 5.82 Å². The molecule has 1 amide bonds. The standard InChI is InChI=1S/C12H18N4O3/c1-4-16(5-2)11(17)8-15-10-7-13-9(6-14-10)12(18)19-3/h6-7H,4-5,8H2,1-3H3,(H,14,15). The highest BCUT2D eigenvalue weighted by atomic mass is 16.5. The molecule has 1 rings (SSSR count). The SMILES string of the molecule is CCN(CC)C(=O)CNc1cnc(C(=O)OC)cn1. The van der Waals surface area contributed by atoms with E-state index >= 15 is 0 Å². The van der Waals surface area contributed by atoms with Crippen molar-refractivity contribution in [2.24, 2.45) is 0 Å². The average molecular weight is 266 g/mol. The summed E-state index contributed by atoms with van der Waals surface area (Å²) in [6.45, 7) is 5.33. The number of carbonyl (C=O) groups excluding carboxylic acids is 2. The maximum atomic E-state index is 11.7. The van der Waals surface area contributed by atoms with Crippen molar-refractivity contribution in [1.29, 1.82) is 0 Å². The van der Waals surface area contributed by atoms with Gasteiger partial charge in [-0.05, 0) is 13.8 Å². The molecule has 0 aliphatic carbocycles. The number of carbonyl (C=O) groups is 2. The van der Waals surface area contributed by atoms with E-state index in [4.69, 9.17) is 0 Å². The van der Waals surface area contributed by atoms with Gasteiger partial charge in [-0.25, -0.2) is 14.8 Å². The van der Waals surface area contributed by atoms with Crippen molar-refractivity contribution >= 4 is 17.7 Å². The van der Waals surface area contributed by atoms with Gasteiger partial charge in [-0.1, -0.05) is 0 Å². The van der Waals surface area contributed by atoms with E-state index in [1.165, 1.54) is 19.5 Å². The lowest BCUT2D eigenvalue weighted by molar-refractivity contribution is -0.128. The lowest BCUT2D eigenvalue weighted by atomic mass is 10.4. The van der Waals surface area contributed by atoms with Crippen molar-refractivity contribution in [2.45, 2.75) is 13.8 Å². The predicted molar refractivity (Wildman–Crippen MR) is 69.8 cm³/mol. The molecule has 0 aliphatic rings. The highest BCUT2D eigenvalue weighted by molar-refractivity contribution is 5.86. The van der Waals surface area contributed by atoms with E-state index < -0.39 is 5.97 Å². The summed E-state index contributed by atoms with van der Waals surface area (Å²) in [7, 11) is 1.28. The van der Waals surface area contributed by atoms with Crippen LogP contribution < -0.4 is 5.32 Å². The second-order valence-electron chi connectivity index (χ2n) is 3.70. The zero-order valence-electron chi connectivity index (χ0n) is 11.3. The Bertz CT molecular complexity index is 429. The molecule has 7 heteroatoms. The number of ether oxygens (including phenoxy) is 1. The monoisotopic (exact) mass is 266 g/mol. The third-order valence-electron chi connectivity index (χ3n) is 2.58. The van der Waals surface area contributed by atoms with Gasteiger partial charge in [0.25, 0.3) is 0 Å². The minimum atomic E-state index is -0.543. The molecule has 0 atom stereocenters. The molecule has 1 heterocycles. The van der Waals surface area contributed by atoms with E-state index in [2.05, 4.69) is 20.0 Å². The average Bonchev–Trinajstić information content (AvgIpc) is 2.46. The Labute approximate surface area is 112 Å². The summed E-state index contributed by atoms with van der Waals surface area (Å²) in [4.78, 5) is 32.5. The van der Waals surface area contributed by atoms with Crippen molar-refractivity contribution in [1.82, 2.24) is 14.9 Å². The van der Waals surface area contributed by atoms with Crippen LogP contribution in [0.5, 0.6) is 0 Å². The zero-order chi connectivity index (χ0) is 14.3. The summed E-state index contributed by atoms with van der Waals surface area (Å²) in [5.41, 5.74) is 0.128. The maximum absolute atomic E-state index is 11.7. The van der Waals surface area contributed by atoms with Crippen LogP contribution in [0.25, 0.3) is 0 Å². The van der Waals surface area contributed by atoms with Crippen molar-refractivity contribution in [3.05, 3.63) is 18.1 Å². The fourth-order valence-electron chi connectivity index (χ4n) is 1.48. The predicted octanol–water partition coefficient (Wildman–Crippen LogP) is 0.543. The van der Waals surface area contributed by atoms with Gasteiger partial charge in [-0.3, -0.25) is 4.79 Å². The summed E-state index contributed by atoms with van der Waals surface area (Å²) < 4.78 is 4.51. The van der Waals surface area contributed by atoms with Gasteiger partial charge in [0.15, 0.2) is 5.69 Å². The molecule has 0 saturated heterocycles. The largest absolute Gasteiger partial charge is 0.464 e. The Kier molecular flexibility index (Phi) is 5.72. The molecule has 1 aromatic heterocycles. The number of amides is 1. The van der Waals surface area contributed by atoms with Crippen LogP contribution in [-0.2, 0) is 9.53 Å². The second kappa shape index (κ2) is 7.30. The van der Waals surface area contributed by atoms with Gasteiger partial charge in [0.05, 0.1) is 26.0 Å². The molecule has 0 aromatic carbocycles. The molecule has 1 N–H and O–H groups in total. The van der Waals surface area contributed by atoms with Crippen LogP contribution in [-0.4, -0.2) is 53.5 Å². The Balaban J connectivity index is 2.54. The van der Waals surface area contributed by atoms with E-state index in [0.717, 1.165) is 0 Å². The number of aromatic nitrogens is 2. The van der Waals surface area contributed by atoms with Crippen molar-refractivity contribution in [3.8, 4) is 0 Å². The second-order valence-corrected chi connectivity index (χ2v) is 3.70. The Morgan fingerprint density at radius 3 is 2.42 bits per heavy atom. The number of likely N-dealkylation sites (N-methyl/N-ethyl adjacent to an activating group) is 1. The van der Waals surface area contributed by atoms with E-state index in [1.807, 2.05) is 13.8 Å². The number of esters is 1. The molecule has 0 spiro atoms. The van der Waals surface area contributed by atoms with E-state index in [9.17, 15) is 9.59 Å². The van der Waals surface area contributed by atoms with Crippen molar-refractivity contribution < 1.29 is 14.3 Å². The first-order valence-corrected chi connectivity index (χ1v) is 6.04. The molecular weight excluding hydrogens is 248 g/mol. The molecule has 0 bridgehead atoms. The lowest BCUT2D eigenvalue weighted by Crippen LogP contribution is -2.35. The maximum Gasteiger partial charge on any atom is 0.358 e. The molecule has 0 unspecified atom stereocenters. The van der Waals surface area contributed by atoms with Crippen molar-refractivity contribution in [3.63, 3.8) is 0 Å². The van der Waals surface area contributed by atoms with Gasteiger partial charge in [0.1, 0.15) is 5.82 Å². The van der Waals surface area contributed by atoms with E-state index in [1.54, 1.807) is 4.90 Å². The minimum Gasteiger partial charge on any atom is -0.464 e. The van der Waals surface area contributed by atoms with Gasteiger partial charge in [0.2, 0.25) is 5.91 Å². The summed E-state index contributed by atoms with van der Waals surface area (Å²) in [5.74, 6) is -0.115. The van der Waals surface area contributed by atoms with Gasteiger partial charge in [-0.2, -0.15) is 0 Å². The van der Waals surface area contributed by atoms with Crippen LogP contribution in [0.2, 0.25) is 0 Å². The highest BCUT2D eigenvalue weighted by Crippen LogP contribution is 2.02. The first kappa shape index (κ1) is 14.9. The molecular formula is C12H18N4O3. The zero-order valence-corrected chi connectivity index (χ0v) is 11.3. The number of methoxy groups -OCH3 is 1. The molecule has 1 aromatic rings. The summed E-state index contributed by atoms with van der Waals surface area (Å²) in [6, 6.07) is 0. The van der Waals surface area contributed by atoms with Gasteiger partial charge in [0, 0.05) is 13.1 Å². The summed E-state index contributed by atoms with van der Waals surface area (Å²) >= 11 is 0.